The van der Waals surface area contributed by atoms with E-state index in [9.17, 15) is 13.2 Å². The van der Waals surface area contributed by atoms with E-state index in [0.29, 0.717) is 21.2 Å². The van der Waals surface area contributed by atoms with Crippen molar-refractivity contribution in [1.82, 2.24) is 4.98 Å². The summed E-state index contributed by atoms with van der Waals surface area (Å²) in [4.78, 5) is 3.15. The lowest BCUT2D eigenvalue weighted by molar-refractivity contribution is 0.467. The SMILES string of the molecule is Fc1cc(F)c(Nc2ccc(Cl)cc2Br)nc1F. The van der Waals surface area contributed by atoms with Gasteiger partial charge in [0.25, 0.3) is 5.95 Å². The Morgan fingerprint density at radius 1 is 1.11 bits per heavy atom. The first-order valence-corrected chi connectivity index (χ1v) is 5.88. The van der Waals surface area contributed by atoms with Gasteiger partial charge in [-0.1, -0.05) is 11.6 Å². The van der Waals surface area contributed by atoms with Crippen LogP contribution in [0.5, 0.6) is 0 Å². The van der Waals surface area contributed by atoms with Crippen molar-refractivity contribution in [2.24, 2.45) is 0 Å². The van der Waals surface area contributed by atoms with Crippen molar-refractivity contribution in [3.63, 3.8) is 0 Å². The Hall–Kier alpha value is -1.27. The minimum Gasteiger partial charge on any atom is -0.337 e. The predicted molar refractivity (Wildman–Crippen MR) is 66.5 cm³/mol. The third-order valence-electron chi connectivity index (χ3n) is 2.07. The fraction of sp³-hybridized carbons (Fsp3) is 0. The smallest absolute Gasteiger partial charge is 0.251 e. The highest BCUT2D eigenvalue weighted by molar-refractivity contribution is 9.10. The van der Waals surface area contributed by atoms with Crippen LogP contribution in [-0.4, -0.2) is 4.98 Å². The molecule has 1 aromatic heterocycles. The maximum Gasteiger partial charge on any atom is 0.251 e. The highest BCUT2D eigenvalue weighted by Crippen LogP contribution is 2.29. The Bertz CT molecular complexity index is 607. The second kappa shape index (κ2) is 5.16. The highest BCUT2D eigenvalue weighted by Gasteiger charge is 2.12. The zero-order valence-corrected chi connectivity index (χ0v) is 11.0. The standard InChI is InChI=1S/C11H5BrClF3N2/c12-6-3-5(13)1-2-9(6)17-11-8(15)4-7(14)10(16)18-11/h1-4H,(H,17,18). The summed E-state index contributed by atoms with van der Waals surface area (Å²) in [5.41, 5.74) is 0.428. The van der Waals surface area contributed by atoms with Gasteiger partial charge in [-0.25, -0.2) is 8.78 Å². The molecule has 94 valence electrons. The monoisotopic (exact) mass is 336 g/mol. The molecule has 18 heavy (non-hydrogen) atoms. The quantitative estimate of drug-likeness (QED) is 0.806. The van der Waals surface area contributed by atoms with Gasteiger partial charge in [0.05, 0.1) is 5.69 Å². The summed E-state index contributed by atoms with van der Waals surface area (Å²) < 4.78 is 39.5. The van der Waals surface area contributed by atoms with Gasteiger partial charge in [0, 0.05) is 15.6 Å². The Morgan fingerprint density at radius 2 is 1.83 bits per heavy atom. The van der Waals surface area contributed by atoms with E-state index in [1.54, 1.807) is 18.2 Å². The molecule has 2 rings (SSSR count). The Kier molecular flexibility index (Phi) is 3.77. The van der Waals surface area contributed by atoms with E-state index in [4.69, 9.17) is 11.6 Å². The fourth-order valence-electron chi connectivity index (χ4n) is 1.25. The summed E-state index contributed by atoms with van der Waals surface area (Å²) in [7, 11) is 0. The highest BCUT2D eigenvalue weighted by atomic mass is 79.9. The van der Waals surface area contributed by atoms with Gasteiger partial charge in [-0.3, -0.25) is 0 Å². The van der Waals surface area contributed by atoms with E-state index >= 15 is 0 Å². The molecule has 2 nitrogen and oxygen atoms in total. The molecule has 0 amide bonds. The lowest BCUT2D eigenvalue weighted by Gasteiger charge is -2.09. The van der Waals surface area contributed by atoms with E-state index < -0.39 is 23.4 Å². The summed E-state index contributed by atoms with van der Waals surface area (Å²) >= 11 is 8.94. The summed E-state index contributed by atoms with van der Waals surface area (Å²) in [6, 6.07) is 5.11. The molecule has 0 saturated heterocycles. The predicted octanol–water partition coefficient (Wildman–Crippen LogP) is 4.66. The molecule has 0 aliphatic heterocycles. The van der Waals surface area contributed by atoms with Crippen LogP contribution in [-0.2, 0) is 0 Å². The molecule has 0 saturated carbocycles. The van der Waals surface area contributed by atoms with Gasteiger partial charge in [0.1, 0.15) is 0 Å². The number of benzene rings is 1. The minimum absolute atomic E-state index is 0.406. The third-order valence-corrected chi connectivity index (χ3v) is 2.96. The number of hydrogen-bond acceptors (Lipinski definition) is 2. The molecular formula is C11H5BrClF3N2. The van der Waals surface area contributed by atoms with Gasteiger partial charge >= 0.3 is 0 Å². The lowest BCUT2D eigenvalue weighted by Crippen LogP contribution is -2.02. The molecule has 0 aliphatic rings. The third kappa shape index (κ3) is 2.76. The van der Waals surface area contributed by atoms with Crippen molar-refractivity contribution in [1.29, 1.82) is 0 Å². The van der Waals surface area contributed by atoms with E-state index in [0.717, 1.165) is 0 Å². The molecule has 0 aliphatic carbocycles. The number of halogens is 5. The van der Waals surface area contributed by atoms with Crippen LogP contribution in [0.25, 0.3) is 0 Å². The lowest BCUT2D eigenvalue weighted by atomic mass is 10.3. The number of hydrogen-bond donors (Lipinski definition) is 1. The summed E-state index contributed by atoms with van der Waals surface area (Å²) in [6.07, 6.45) is 0. The van der Waals surface area contributed by atoms with E-state index in [1.807, 2.05) is 0 Å². The molecule has 0 radical (unpaired) electrons. The number of rotatable bonds is 2. The van der Waals surface area contributed by atoms with Gasteiger partial charge in [0.15, 0.2) is 17.5 Å². The first-order valence-electron chi connectivity index (χ1n) is 4.71. The van der Waals surface area contributed by atoms with Crippen LogP contribution in [0.4, 0.5) is 24.7 Å². The van der Waals surface area contributed by atoms with Crippen LogP contribution in [0, 0.1) is 17.6 Å². The molecular weight excluding hydrogens is 332 g/mol. The molecule has 0 atom stereocenters. The number of anilines is 2. The number of nitrogens with zero attached hydrogens (tertiary/aromatic N) is 1. The Balaban J connectivity index is 2.37. The van der Waals surface area contributed by atoms with Gasteiger partial charge in [-0.2, -0.15) is 9.37 Å². The second-order valence-electron chi connectivity index (χ2n) is 3.34. The maximum atomic E-state index is 13.4. The number of nitrogens with one attached hydrogen (secondary N) is 1. The van der Waals surface area contributed by atoms with E-state index in [2.05, 4.69) is 26.2 Å². The average Bonchev–Trinajstić information content (AvgIpc) is 2.29. The van der Waals surface area contributed by atoms with Crippen molar-refractivity contribution in [2.75, 3.05) is 5.32 Å². The first kappa shape index (κ1) is 13.2. The molecule has 0 fully saturated rings. The molecule has 1 aromatic carbocycles. The normalized spacial score (nSPS) is 10.5. The zero-order chi connectivity index (χ0) is 13.3. The number of aromatic nitrogens is 1. The largest absolute Gasteiger partial charge is 0.337 e. The molecule has 2 aromatic rings. The molecule has 0 bridgehead atoms. The molecule has 1 N–H and O–H groups in total. The zero-order valence-electron chi connectivity index (χ0n) is 8.65. The van der Waals surface area contributed by atoms with Crippen LogP contribution in [0.3, 0.4) is 0 Å². The molecule has 1 heterocycles. The van der Waals surface area contributed by atoms with E-state index in [1.165, 1.54) is 0 Å². The van der Waals surface area contributed by atoms with Crippen LogP contribution >= 0.6 is 27.5 Å². The molecule has 7 heteroatoms. The minimum atomic E-state index is -1.37. The first-order chi connectivity index (χ1) is 8.47. The van der Waals surface area contributed by atoms with Crippen molar-refractivity contribution in [2.45, 2.75) is 0 Å². The van der Waals surface area contributed by atoms with Gasteiger partial charge in [0.2, 0.25) is 0 Å². The topological polar surface area (TPSA) is 24.9 Å². The molecule has 0 unspecified atom stereocenters. The van der Waals surface area contributed by atoms with Crippen LogP contribution < -0.4 is 5.32 Å². The summed E-state index contributed by atoms with van der Waals surface area (Å²) in [5, 5.41) is 3.02. The Morgan fingerprint density at radius 3 is 2.50 bits per heavy atom. The summed E-state index contributed by atoms with van der Waals surface area (Å²) in [5.74, 6) is -4.11. The van der Waals surface area contributed by atoms with Crippen LogP contribution in [0.2, 0.25) is 5.02 Å². The van der Waals surface area contributed by atoms with Gasteiger partial charge in [-0.15, -0.1) is 0 Å². The fourth-order valence-corrected chi connectivity index (χ4v) is 2.03. The van der Waals surface area contributed by atoms with Crippen molar-refractivity contribution < 1.29 is 13.2 Å². The van der Waals surface area contributed by atoms with Crippen LogP contribution in [0.15, 0.2) is 28.7 Å². The van der Waals surface area contributed by atoms with Gasteiger partial charge < -0.3 is 5.32 Å². The Labute approximate surface area is 114 Å². The van der Waals surface area contributed by atoms with Crippen molar-refractivity contribution in [3.8, 4) is 0 Å². The summed E-state index contributed by atoms with van der Waals surface area (Å²) in [6.45, 7) is 0. The van der Waals surface area contributed by atoms with Gasteiger partial charge in [-0.05, 0) is 34.1 Å². The van der Waals surface area contributed by atoms with E-state index in [-0.39, 0.29) is 0 Å². The van der Waals surface area contributed by atoms with Crippen molar-refractivity contribution in [3.05, 3.63) is 51.3 Å². The average molecular weight is 338 g/mol. The van der Waals surface area contributed by atoms with Crippen LogP contribution in [0.1, 0.15) is 0 Å². The van der Waals surface area contributed by atoms with Crippen molar-refractivity contribution >= 4 is 39.0 Å². The second-order valence-corrected chi connectivity index (χ2v) is 4.63. The maximum absolute atomic E-state index is 13.4. The molecule has 0 spiro atoms. The number of pyridine rings is 1.